The summed E-state index contributed by atoms with van der Waals surface area (Å²) in [4.78, 5) is 2.27. The van der Waals surface area contributed by atoms with Crippen LogP contribution in [0.25, 0.3) is 0 Å². The first-order valence-corrected chi connectivity index (χ1v) is 3.81. The number of hydrogen-bond acceptors (Lipinski definition) is 2. The van der Waals surface area contributed by atoms with Crippen molar-refractivity contribution in [1.29, 1.82) is 0 Å². The normalized spacial score (nSPS) is 14.7. The lowest BCUT2D eigenvalue weighted by molar-refractivity contribution is 0.0766. The molecule has 0 rings (SSSR count). The predicted molar refractivity (Wildman–Crippen MR) is 44.2 cm³/mol. The van der Waals surface area contributed by atoms with Gasteiger partial charge in [0, 0.05) is 19.7 Å². The number of methoxy groups -OCH3 is 1. The van der Waals surface area contributed by atoms with E-state index in [4.69, 9.17) is 4.74 Å². The van der Waals surface area contributed by atoms with Gasteiger partial charge in [0.1, 0.15) is 0 Å². The minimum atomic E-state index is 0.340. The Labute approximate surface area is 64.2 Å². The van der Waals surface area contributed by atoms with Crippen LogP contribution in [0.2, 0.25) is 0 Å². The third kappa shape index (κ3) is 3.85. The van der Waals surface area contributed by atoms with Gasteiger partial charge in [-0.05, 0) is 27.8 Å². The molecule has 0 fully saturated rings. The van der Waals surface area contributed by atoms with Crippen molar-refractivity contribution in [1.82, 2.24) is 4.90 Å². The summed E-state index contributed by atoms with van der Waals surface area (Å²) in [6, 6.07) is 0.609. The standard InChI is InChI=1S/C8H19NO/c1-7(2)9(4)6-8(3)10-5/h7-8H,6H2,1-5H3/t8-/m1/s1. The van der Waals surface area contributed by atoms with E-state index in [2.05, 4.69) is 32.7 Å². The molecule has 0 saturated carbocycles. The van der Waals surface area contributed by atoms with Crippen LogP contribution in [0.5, 0.6) is 0 Å². The van der Waals surface area contributed by atoms with E-state index >= 15 is 0 Å². The Morgan fingerprint density at radius 1 is 1.30 bits per heavy atom. The molecular weight excluding hydrogens is 126 g/mol. The van der Waals surface area contributed by atoms with Gasteiger partial charge < -0.3 is 9.64 Å². The molecule has 0 aromatic heterocycles. The highest BCUT2D eigenvalue weighted by Gasteiger charge is 2.06. The Hall–Kier alpha value is -0.0800. The summed E-state index contributed by atoms with van der Waals surface area (Å²) in [5, 5.41) is 0. The average Bonchev–Trinajstić information content (AvgIpc) is 1.87. The minimum Gasteiger partial charge on any atom is -0.380 e. The number of ether oxygens (including phenoxy) is 1. The van der Waals surface area contributed by atoms with E-state index in [1.54, 1.807) is 7.11 Å². The Morgan fingerprint density at radius 2 is 1.80 bits per heavy atom. The van der Waals surface area contributed by atoms with E-state index in [0.29, 0.717) is 12.1 Å². The third-order valence-electron chi connectivity index (χ3n) is 1.83. The second-order valence-corrected chi connectivity index (χ2v) is 3.08. The molecule has 1 atom stereocenters. The van der Waals surface area contributed by atoms with Crippen molar-refractivity contribution in [3.8, 4) is 0 Å². The van der Waals surface area contributed by atoms with Crippen LogP contribution in [-0.4, -0.2) is 37.7 Å². The molecule has 0 aromatic rings. The molecule has 0 bridgehead atoms. The lowest BCUT2D eigenvalue weighted by atomic mass is 10.3. The van der Waals surface area contributed by atoms with Crippen LogP contribution in [0.1, 0.15) is 20.8 Å². The molecular formula is C8H19NO. The van der Waals surface area contributed by atoms with Crippen molar-refractivity contribution in [3.05, 3.63) is 0 Å². The van der Waals surface area contributed by atoms with Gasteiger partial charge >= 0.3 is 0 Å². The first-order valence-electron chi connectivity index (χ1n) is 3.81. The second kappa shape index (κ2) is 4.69. The predicted octanol–water partition coefficient (Wildman–Crippen LogP) is 1.36. The highest BCUT2D eigenvalue weighted by molar-refractivity contribution is 4.60. The van der Waals surface area contributed by atoms with Crippen molar-refractivity contribution in [2.45, 2.75) is 32.9 Å². The molecule has 10 heavy (non-hydrogen) atoms. The smallest absolute Gasteiger partial charge is 0.0670 e. The molecule has 0 amide bonds. The summed E-state index contributed by atoms with van der Waals surface area (Å²) in [7, 11) is 3.86. The van der Waals surface area contributed by atoms with E-state index in [9.17, 15) is 0 Å². The van der Waals surface area contributed by atoms with Crippen LogP contribution >= 0.6 is 0 Å². The lowest BCUT2D eigenvalue weighted by Gasteiger charge is -2.23. The minimum absolute atomic E-state index is 0.340. The molecule has 0 radical (unpaired) electrons. The average molecular weight is 145 g/mol. The maximum atomic E-state index is 5.13. The van der Waals surface area contributed by atoms with Gasteiger partial charge in [-0.15, -0.1) is 0 Å². The van der Waals surface area contributed by atoms with Crippen LogP contribution in [0.15, 0.2) is 0 Å². The summed E-state index contributed by atoms with van der Waals surface area (Å²) in [5.74, 6) is 0. The maximum absolute atomic E-state index is 5.13. The molecule has 0 saturated heterocycles. The van der Waals surface area contributed by atoms with Gasteiger partial charge in [-0.1, -0.05) is 0 Å². The highest BCUT2D eigenvalue weighted by Crippen LogP contribution is 1.97. The summed E-state index contributed by atoms with van der Waals surface area (Å²) in [6.45, 7) is 7.46. The summed E-state index contributed by atoms with van der Waals surface area (Å²) in [5.41, 5.74) is 0. The van der Waals surface area contributed by atoms with Gasteiger partial charge in [-0.25, -0.2) is 0 Å². The zero-order chi connectivity index (χ0) is 8.15. The number of rotatable bonds is 4. The number of likely N-dealkylation sites (N-methyl/N-ethyl adjacent to an activating group) is 1. The van der Waals surface area contributed by atoms with Gasteiger partial charge in [0.2, 0.25) is 0 Å². The van der Waals surface area contributed by atoms with Crippen molar-refractivity contribution in [3.63, 3.8) is 0 Å². The Bertz CT molecular complexity index is 83.3. The zero-order valence-electron chi connectivity index (χ0n) is 7.72. The van der Waals surface area contributed by atoms with Crippen molar-refractivity contribution in [2.75, 3.05) is 20.7 Å². The third-order valence-corrected chi connectivity index (χ3v) is 1.83. The molecule has 62 valence electrons. The molecule has 0 aromatic carbocycles. The fraction of sp³-hybridized carbons (Fsp3) is 1.00. The maximum Gasteiger partial charge on any atom is 0.0670 e. The van der Waals surface area contributed by atoms with Crippen LogP contribution in [0, 0.1) is 0 Å². The van der Waals surface area contributed by atoms with Gasteiger partial charge in [-0.3, -0.25) is 0 Å². The molecule has 2 heteroatoms. The Kier molecular flexibility index (Phi) is 4.65. The molecule has 0 N–H and O–H groups in total. The molecule has 0 aliphatic heterocycles. The SMILES string of the molecule is CO[C@H](C)CN(C)C(C)C. The molecule has 0 aliphatic rings. The first-order chi connectivity index (χ1) is 4.57. The van der Waals surface area contributed by atoms with E-state index in [1.165, 1.54) is 0 Å². The number of hydrogen-bond donors (Lipinski definition) is 0. The van der Waals surface area contributed by atoms with E-state index in [-0.39, 0.29) is 0 Å². The quantitative estimate of drug-likeness (QED) is 0.592. The topological polar surface area (TPSA) is 12.5 Å². The first kappa shape index (κ1) is 9.92. The molecule has 0 spiro atoms. The van der Waals surface area contributed by atoms with Crippen molar-refractivity contribution < 1.29 is 4.74 Å². The van der Waals surface area contributed by atoms with Crippen molar-refractivity contribution >= 4 is 0 Å². The van der Waals surface area contributed by atoms with Crippen LogP contribution < -0.4 is 0 Å². The van der Waals surface area contributed by atoms with Crippen molar-refractivity contribution in [2.24, 2.45) is 0 Å². The van der Waals surface area contributed by atoms with Gasteiger partial charge in [0.25, 0.3) is 0 Å². The fourth-order valence-corrected chi connectivity index (χ4v) is 0.691. The van der Waals surface area contributed by atoms with Crippen LogP contribution in [-0.2, 0) is 4.74 Å². The van der Waals surface area contributed by atoms with Crippen LogP contribution in [0.3, 0.4) is 0 Å². The van der Waals surface area contributed by atoms with Gasteiger partial charge in [0.15, 0.2) is 0 Å². The summed E-state index contributed by atoms with van der Waals surface area (Å²) in [6.07, 6.45) is 0.340. The Balaban J connectivity index is 3.46. The lowest BCUT2D eigenvalue weighted by Crippen LogP contribution is -2.33. The van der Waals surface area contributed by atoms with E-state index < -0.39 is 0 Å². The summed E-state index contributed by atoms with van der Waals surface area (Å²) >= 11 is 0. The molecule has 0 unspecified atom stereocenters. The monoisotopic (exact) mass is 145 g/mol. The molecule has 2 nitrogen and oxygen atoms in total. The van der Waals surface area contributed by atoms with Crippen LogP contribution in [0.4, 0.5) is 0 Å². The number of nitrogens with zero attached hydrogens (tertiary/aromatic N) is 1. The molecule has 0 aliphatic carbocycles. The zero-order valence-corrected chi connectivity index (χ0v) is 7.72. The largest absolute Gasteiger partial charge is 0.380 e. The van der Waals surface area contributed by atoms with Gasteiger partial charge in [-0.2, -0.15) is 0 Å². The van der Waals surface area contributed by atoms with E-state index in [0.717, 1.165) is 6.54 Å². The second-order valence-electron chi connectivity index (χ2n) is 3.08. The Morgan fingerprint density at radius 3 is 2.10 bits per heavy atom. The van der Waals surface area contributed by atoms with E-state index in [1.807, 2.05) is 0 Å². The highest BCUT2D eigenvalue weighted by atomic mass is 16.5. The fourth-order valence-electron chi connectivity index (χ4n) is 0.691. The summed E-state index contributed by atoms with van der Waals surface area (Å²) < 4.78 is 5.13. The molecule has 0 heterocycles. The van der Waals surface area contributed by atoms with Gasteiger partial charge in [0.05, 0.1) is 6.10 Å².